The maximum atomic E-state index is 6.22. The predicted molar refractivity (Wildman–Crippen MR) is 183 cm³/mol. The van der Waals surface area contributed by atoms with Gasteiger partial charge in [0, 0.05) is 22.6 Å². The number of hydrogen-bond donors (Lipinski definition) is 0. The smallest absolute Gasteiger partial charge is 0.227 e. The summed E-state index contributed by atoms with van der Waals surface area (Å²) in [6.07, 6.45) is 0. The Hall–Kier alpha value is -5.93. The van der Waals surface area contributed by atoms with Gasteiger partial charge in [0.2, 0.25) is 5.89 Å². The Labute approximate surface area is 256 Å². The summed E-state index contributed by atoms with van der Waals surface area (Å²) in [4.78, 5) is 7.10. The Bertz CT molecular complexity index is 2050. The van der Waals surface area contributed by atoms with Crippen LogP contribution in [0, 0.1) is 0 Å². The van der Waals surface area contributed by atoms with E-state index in [2.05, 4.69) is 150 Å². The third-order valence-electron chi connectivity index (χ3n) is 8.09. The summed E-state index contributed by atoms with van der Waals surface area (Å²) in [6, 6.07) is 59.3. The molecule has 0 atom stereocenters. The summed E-state index contributed by atoms with van der Waals surface area (Å²) in [5.74, 6) is 0.618. The van der Waals surface area contributed by atoms with Crippen molar-refractivity contribution in [3.05, 3.63) is 170 Å². The van der Waals surface area contributed by atoms with Gasteiger partial charge < -0.3 is 9.32 Å². The lowest BCUT2D eigenvalue weighted by Gasteiger charge is -2.26. The molecule has 0 amide bonds. The Morgan fingerprint density at radius 3 is 1.30 bits per heavy atom. The maximum absolute atomic E-state index is 6.22. The molecule has 0 saturated heterocycles. The molecule has 0 saturated carbocycles. The molecule has 1 heterocycles. The fourth-order valence-corrected chi connectivity index (χ4v) is 5.80. The molecule has 0 aliphatic rings. The van der Waals surface area contributed by atoms with Gasteiger partial charge in [-0.2, -0.15) is 0 Å². The topological polar surface area (TPSA) is 29.3 Å². The molecule has 0 unspecified atom stereocenters. The molecular weight excluding hydrogens is 536 g/mol. The zero-order valence-electron chi connectivity index (χ0n) is 24.0. The zero-order valence-corrected chi connectivity index (χ0v) is 24.0. The highest BCUT2D eigenvalue weighted by molar-refractivity contribution is 5.95. The van der Waals surface area contributed by atoms with Crippen LogP contribution in [-0.2, 0) is 0 Å². The van der Waals surface area contributed by atoms with Gasteiger partial charge in [0.15, 0.2) is 5.58 Å². The van der Waals surface area contributed by atoms with Crippen LogP contribution < -0.4 is 4.90 Å². The standard InChI is InChI=1S/C41H28N2O/c1-3-9-29(10-4-1)31-15-21-36(22-16-31)43(37-23-17-32(18-24-37)30-11-5-2-6-12-30)38-25-19-33(20-26-38)41-42-39-27-34-13-7-8-14-35(34)28-40(39)44-41/h1-28H. The molecule has 8 aromatic rings. The number of fused-ring (bicyclic) bond motifs is 2. The second kappa shape index (κ2) is 11.0. The Morgan fingerprint density at radius 2 is 0.795 bits per heavy atom. The molecule has 7 aromatic carbocycles. The summed E-state index contributed by atoms with van der Waals surface area (Å²) in [5.41, 5.74) is 10.6. The van der Waals surface area contributed by atoms with Crippen molar-refractivity contribution >= 4 is 38.9 Å². The van der Waals surface area contributed by atoms with Crippen LogP contribution in [0.3, 0.4) is 0 Å². The van der Waals surface area contributed by atoms with E-state index in [4.69, 9.17) is 9.40 Å². The van der Waals surface area contributed by atoms with E-state index < -0.39 is 0 Å². The summed E-state index contributed by atoms with van der Waals surface area (Å²) in [7, 11) is 0. The maximum Gasteiger partial charge on any atom is 0.227 e. The second-order valence-electron chi connectivity index (χ2n) is 10.9. The van der Waals surface area contributed by atoms with Gasteiger partial charge in [-0.3, -0.25) is 0 Å². The van der Waals surface area contributed by atoms with Gasteiger partial charge in [-0.25, -0.2) is 4.98 Å². The first-order valence-corrected chi connectivity index (χ1v) is 14.8. The van der Waals surface area contributed by atoms with Crippen LogP contribution in [0.5, 0.6) is 0 Å². The first-order valence-electron chi connectivity index (χ1n) is 14.8. The van der Waals surface area contributed by atoms with Crippen molar-refractivity contribution in [1.82, 2.24) is 4.98 Å². The average molecular weight is 565 g/mol. The van der Waals surface area contributed by atoms with Gasteiger partial charge in [0.05, 0.1) is 0 Å². The van der Waals surface area contributed by atoms with E-state index >= 15 is 0 Å². The first kappa shape index (κ1) is 25.8. The Morgan fingerprint density at radius 1 is 0.386 bits per heavy atom. The van der Waals surface area contributed by atoms with Crippen LogP contribution in [0.1, 0.15) is 0 Å². The molecule has 8 rings (SSSR count). The highest BCUT2D eigenvalue weighted by atomic mass is 16.3. The van der Waals surface area contributed by atoms with Gasteiger partial charge in [-0.15, -0.1) is 0 Å². The highest BCUT2D eigenvalue weighted by Gasteiger charge is 2.15. The van der Waals surface area contributed by atoms with Crippen molar-refractivity contribution in [2.45, 2.75) is 0 Å². The van der Waals surface area contributed by atoms with Gasteiger partial charge >= 0.3 is 0 Å². The highest BCUT2D eigenvalue weighted by Crippen LogP contribution is 2.38. The number of rotatable bonds is 6. The molecule has 3 nitrogen and oxygen atoms in total. The molecule has 0 bridgehead atoms. The number of hydrogen-bond acceptors (Lipinski definition) is 3. The van der Waals surface area contributed by atoms with Crippen LogP contribution in [0.4, 0.5) is 17.1 Å². The molecule has 44 heavy (non-hydrogen) atoms. The predicted octanol–water partition coefficient (Wildman–Crippen LogP) is 11.5. The van der Waals surface area contributed by atoms with Crippen molar-refractivity contribution in [3.8, 4) is 33.7 Å². The van der Waals surface area contributed by atoms with Crippen LogP contribution in [0.25, 0.3) is 55.6 Å². The average Bonchev–Trinajstić information content (AvgIpc) is 3.52. The fourth-order valence-electron chi connectivity index (χ4n) is 5.80. The van der Waals surface area contributed by atoms with Gasteiger partial charge in [-0.1, -0.05) is 109 Å². The van der Waals surface area contributed by atoms with E-state index in [0.29, 0.717) is 5.89 Å². The van der Waals surface area contributed by atoms with E-state index in [9.17, 15) is 0 Å². The summed E-state index contributed by atoms with van der Waals surface area (Å²) in [5, 5.41) is 2.30. The van der Waals surface area contributed by atoms with Crippen LogP contribution in [0.2, 0.25) is 0 Å². The summed E-state index contributed by atoms with van der Waals surface area (Å²) in [6.45, 7) is 0. The van der Waals surface area contributed by atoms with Crippen LogP contribution >= 0.6 is 0 Å². The van der Waals surface area contributed by atoms with Crippen molar-refractivity contribution < 1.29 is 4.42 Å². The fraction of sp³-hybridized carbons (Fsp3) is 0. The Kier molecular flexibility index (Phi) is 6.47. The van der Waals surface area contributed by atoms with Crippen LogP contribution in [0.15, 0.2) is 174 Å². The van der Waals surface area contributed by atoms with Crippen molar-refractivity contribution in [3.63, 3.8) is 0 Å². The van der Waals surface area contributed by atoms with Gasteiger partial charge in [0.25, 0.3) is 0 Å². The lowest BCUT2D eigenvalue weighted by molar-refractivity contribution is 0.620. The first-order chi connectivity index (χ1) is 21.8. The van der Waals surface area contributed by atoms with Crippen LogP contribution in [-0.4, -0.2) is 4.98 Å². The number of benzene rings is 7. The molecule has 0 N–H and O–H groups in total. The van der Waals surface area contributed by atoms with E-state index in [1.54, 1.807) is 0 Å². The third-order valence-corrected chi connectivity index (χ3v) is 8.09. The molecule has 1 aromatic heterocycles. The van der Waals surface area contributed by atoms with Gasteiger partial charge in [-0.05, 0) is 93.7 Å². The molecular formula is C41H28N2O. The van der Waals surface area contributed by atoms with E-state index in [1.165, 1.54) is 22.3 Å². The molecule has 208 valence electrons. The minimum atomic E-state index is 0.618. The molecule has 0 radical (unpaired) electrons. The largest absolute Gasteiger partial charge is 0.436 e. The molecule has 0 aliphatic carbocycles. The van der Waals surface area contributed by atoms with E-state index in [1.807, 2.05) is 24.3 Å². The van der Waals surface area contributed by atoms with E-state index in [0.717, 1.165) is 44.5 Å². The molecule has 3 heteroatoms. The van der Waals surface area contributed by atoms with Crippen molar-refractivity contribution in [1.29, 1.82) is 0 Å². The van der Waals surface area contributed by atoms with Gasteiger partial charge in [0.1, 0.15) is 5.52 Å². The quantitative estimate of drug-likeness (QED) is 0.201. The molecule has 0 aliphatic heterocycles. The summed E-state index contributed by atoms with van der Waals surface area (Å²) < 4.78 is 6.22. The Balaban J connectivity index is 1.16. The molecule has 0 fully saturated rings. The normalized spacial score (nSPS) is 11.2. The summed E-state index contributed by atoms with van der Waals surface area (Å²) >= 11 is 0. The molecule has 0 spiro atoms. The minimum Gasteiger partial charge on any atom is -0.436 e. The van der Waals surface area contributed by atoms with Crippen molar-refractivity contribution in [2.24, 2.45) is 0 Å². The monoisotopic (exact) mass is 564 g/mol. The number of aromatic nitrogens is 1. The number of anilines is 3. The van der Waals surface area contributed by atoms with E-state index in [-0.39, 0.29) is 0 Å². The SMILES string of the molecule is c1ccc(-c2ccc(N(c3ccc(-c4ccccc4)cc3)c3ccc(-c4nc5cc6ccccc6cc5o4)cc3)cc2)cc1. The third kappa shape index (κ3) is 4.91. The number of nitrogens with zero attached hydrogens (tertiary/aromatic N) is 2. The van der Waals surface area contributed by atoms with Crippen molar-refractivity contribution in [2.75, 3.05) is 4.90 Å². The lowest BCUT2D eigenvalue weighted by Crippen LogP contribution is -2.09. The lowest BCUT2D eigenvalue weighted by atomic mass is 10.0. The zero-order chi connectivity index (χ0) is 29.3. The number of oxazole rings is 1. The second-order valence-corrected chi connectivity index (χ2v) is 10.9. The minimum absolute atomic E-state index is 0.618.